The number of carbonyl (C=O) groups is 1. The average molecular weight is 211 g/mol. The molecule has 0 bridgehead atoms. The molecule has 3 nitrogen and oxygen atoms in total. The lowest BCUT2D eigenvalue weighted by molar-refractivity contribution is -0.114. The van der Waals surface area contributed by atoms with E-state index in [0.29, 0.717) is 0 Å². The van der Waals surface area contributed by atoms with Gasteiger partial charge < -0.3 is 4.74 Å². The highest BCUT2D eigenvalue weighted by molar-refractivity contribution is 5.94. The zero-order valence-corrected chi connectivity index (χ0v) is 10.3. The van der Waals surface area contributed by atoms with Gasteiger partial charge in [0, 0.05) is 11.5 Å². The fourth-order valence-electron chi connectivity index (χ4n) is 2.35. The van der Waals surface area contributed by atoms with E-state index in [1.807, 2.05) is 6.92 Å². The maximum absolute atomic E-state index is 11.5. The van der Waals surface area contributed by atoms with E-state index < -0.39 is 0 Å². The molecule has 1 aliphatic heterocycles. The minimum Gasteiger partial charge on any atom is -0.479 e. The first-order valence-corrected chi connectivity index (χ1v) is 5.65. The molecule has 0 saturated carbocycles. The third-order valence-electron chi connectivity index (χ3n) is 3.11. The normalized spacial score (nSPS) is 26.0. The number of rotatable bonds is 4. The Hall–Kier alpha value is -0.830. The molecular weight excluding hydrogens is 190 g/mol. The summed E-state index contributed by atoms with van der Waals surface area (Å²) in [6.07, 6.45) is 0.0406. The number of nitrogens with zero attached hydrogens (tertiary/aromatic N) is 1. The largest absolute Gasteiger partial charge is 0.479 e. The van der Waals surface area contributed by atoms with Crippen molar-refractivity contribution in [2.24, 2.45) is 5.92 Å². The Balaban J connectivity index is 2.83. The number of ether oxygens (including phenoxy) is 1. The molecule has 2 atom stereocenters. The SMILES string of the molecule is CCN(CC)C1OC(C)=C(C(C)=O)C1C. The van der Waals surface area contributed by atoms with Crippen LogP contribution in [0.2, 0.25) is 0 Å². The standard InChI is InChI=1S/C12H21NO2/c1-6-13(7-2)12-8(3)11(9(4)14)10(5)15-12/h8,12H,6-7H2,1-5H3. The van der Waals surface area contributed by atoms with Crippen LogP contribution in [0, 0.1) is 5.92 Å². The maximum Gasteiger partial charge on any atom is 0.159 e. The molecule has 2 unspecified atom stereocenters. The van der Waals surface area contributed by atoms with Gasteiger partial charge in [-0.05, 0) is 26.9 Å². The van der Waals surface area contributed by atoms with Gasteiger partial charge in [-0.2, -0.15) is 0 Å². The second-order valence-corrected chi connectivity index (χ2v) is 4.04. The highest BCUT2D eigenvalue weighted by Crippen LogP contribution is 2.32. The molecule has 86 valence electrons. The van der Waals surface area contributed by atoms with Gasteiger partial charge in [0.1, 0.15) is 5.76 Å². The molecule has 0 radical (unpaired) electrons. The fraction of sp³-hybridized carbons (Fsp3) is 0.750. The van der Waals surface area contributed by atoms with Crippen LogP contribution in [0.15, 0.2) is 11.3 Å². The zero-order valence-electron chi connectivity index (χ0n) is 10.3. The number of carbonyl (C=O) groups excluding carboxylic acids is 1. The molecule has 15 heavy (non-hydrogen) atoms. The summed E-state index contributed by atoms with van der Waals surface area (Å²) < 4.78 is 5.78. The molecule has 0 amide bonds. The van der Waals surface area contributed by atoms with E-state index in [-0.39, 0.29) is 17.9 Å². The Morgan fingerprint density at radius 3 is 2.27 bits per heavy atom. The molecule has 1 rings (SSSR count). The van der Waals surface area contributed by atoms with Crippen LogP contribution in [0.1, 0.15) is 34.6 Å². The van der Waals surface area contributed by atoms with E-state index in [2.05, 4.69) is 25.7 Å². The van der Waals surface area contributed by atoms with Crippen LogP contribution in [0.25, 0.3) is 0 Å². The molecule has 3 heteroatoms. The highest BCUT2D eigenvalue weighted by Gasteiger charge is 2.36. The Labute approximate surface area is 92.1 Å². The first-order chi connectivity index (χ1) is 7.02. The number of allylic oxidation sites excluding steroid dienone is 1. The maximum atomic E-state index is 11.5. The van der Waals surface area contributed by atoms with Crippen molar-refractivity contribution < 1.29 is 9.53 Å². The zero-order chi connectivity index (χ0) is 11.6. The van der Waals surface area contributed by atoms with Crippen molar-refractivity contribution >= 4 is 5.78 Å². The summed E-state index contributed by atoms with van der Waals surface area (Å²) >= 11 is 0. The third-order valence-corrected chi connectivity index (χ3v) is 3.11. The molecule has 0 fully saturated rings. The molecular formula is C12H21NO2. The fourth-order valence-corrected chi connectivity index (χ4v) is 2.35. The Bertz CT molecular complexity index is 279. The lowest BCUT2D eigenvalue weighted by Crippen LogP contribution is -2.39. The van der Waals surface area contributed by atoms with Gasteiger partial charge in [-0.3, -0.25) is 9.69 Å². The van der Waals surface area contributed by atoms with Crippen LogP contribution < -0.4 is 0 Å². The molecule has 0 aromatic rings. The topological polar surface area (TPSA) is 29.5 Å². The Morgan fingerprint density at radius 1 is 1.40 bits per heavy atom. The molecule has 0 aromatic heterocycles. The summed E-state index contributed by atoms with van der Waals surface area (Å²) in [6, 6.07) is 0. The van der Waals surface area contributed by atoms with E-state index in [1.54, 1.807) is 6.92 Å². The van der Waals surface area contributed by atoms with Gasteiger partial charge in [-0.25, -0.2) is 0 Å². The smallest absolute Gasteiger partial charge is 0.159 e. The average Bonchev–Trinajstić information content (AvgIpc) is 2.44. The van der Waals surface area contributed by atoms with Crippen LogP contribution in [0.4, 0.5) is 0 Å². The molecule has 1 aliphatic rings. The number of Topliss-reactive ketones (excluding diaryl/α,β-unsaturated/α-hetero) is 1. The summed E-state index contributed by atoms with van der Waals surface area (Å²) in [5.41, 5.74) is 0.854. The van der Waals surface area contributed by atoms with Crippen LogP contribution in [0.5, 0.6) is 0 Å². The first kappa shape index (κ1) is 12.2. The van der Waals surface area contributed by atoms with Crippen molar-refractivity contribution in [3.05, 3.63) is 11.3 Å². The van der Waals surface area contributed by atoms with Crippen molar-refractivity contribution in [1.82, 2.24) is 4.90 Å². The third kappa shape index (κ3) is 2.23. The van der Waals surface area contributed by atoms with E-state index in [9.17, 15) is 4.79 Å². The molecule has 0 saturated heterocycles. The van der Waals surface area contributed by atoms with E-state index >= 15 is 0 Å². The predicted octanol–water partition coefficient (Wildman–Crippen LogP) is 2.18. The summed E-state index contributed by atoms with van der Waals surface area (Å²) in [7, 11) is 0. The van der Waals surface area contributed by atoms with Crippen LogP contribution in [-0.4, -0.2) is 30.0 Å². The van der Waals surface area contributed by atoms with Crippen LogP contribution in [-0.2, 0) is 9.53 Å². The second-order valence-electron chi connectivity index (χ2n) is 4.04. The second kappa shape index (κ2) is 4.79. The number of hydrogen-bond acceptors (Lipinski definition) is 3. The van der Waals surface area contributed by atoms with Gasteiger partial charge in [0.25, 0.3) is 0 Å². The van der Waals surface area contributed by atoms with Gasteiger partial charge in [-0.15, -0.1) is 0 Å². The van der Waals surface area contributed by atoms with E-state index in [0.717, 1.165) is 24.4 Å². The minimum atomic E-state index is 0.0406. The van der Waals surface area contributed by atoms with Gasteiger partial charge in [-0.1, -0.05) is 20.8 Å². The monoisotopic (exact) mass is 211 g/mol. The van der Waals surface area contributed by atoms with Gasteiger partial charge >= 0.3 is 0 Å². The number of hydrogen-bond donors (Lipinski definition) is 0. The lowest BCUT2D eigenvalue weighted by Gasteiger charge is -2.29. The minimum absolute atomic E-state index is 0.0406. The van der Waals surface area contributed by atoms with Gasteiger partial charge in [0.05, 0.1) is 0 Å². The van der Waals surface area contributed by atoms with E-state index in [4.69, 9.17) is 4.74 Å². The summed E-state index contributed by atoms with van der Waals surface area (Å²) in [4.78, 5) is 13.7. The highest BCUT2D eigenvalue weighted by atomic mass is 16.5. The summed E-state index contributed by atoms with van der Waals surface area (Å²) in [5, 5.41) is 0. The van der Waals surface area contributed by atoms with Crippen molar-refractivity contribution in [1.29, 1.82) is 0 Å². The Morgan fingerprint density at radius 2 is 1.93 bits per heavy atom. The molecule has 1 heterocycles. The number of ketones is 1. The molecule has 0 aromatic carbocycles. The van der Waals surface area contributed by atoms with Gasteiger partial charge in [0.2, 0.25) is 0 Å². The van der Waals surface area contributed by atoms with Crippen molar-refractivity contribution in [3.63, 3.8) is 0 Å². The Kier molecular flexibility index (Phi) is 3.91. The predicted molar refractivity (Wildman–Crippen MR) is 60.3 cm³/mol. The molecule has 0 aliphatic carbocycles. The van der Waals surface area contributed by atoms with Crippen LogP contribution >= 0.6 is 0 Å². The summed E-state index contributed by atoms with van der Waals surface area (Å²) in [6.45, 7) is 11.7. The van der Waals surface area contributed by atoms with Crippen molar-refractivity contribution in [3.8, 4) is 0 Å². The molecule has 0 spiro atoms. The first-order valence-electron chi connectivity index (χ1n) is 5.65. The van der Waals surface area contributed by atoms with Crippen molar-refractivity contribution in [2.45, 2.75) is 40.8 Å². The van der Waals surface area contributed by atoms with Crippen molar-refractivity contribution in [2.75, 3.05) is 13.1 Å². The van der Waals surface area contributed by atoms with Crippen LogP contribution in [0.3, 0.4) is 0 Å². The van der Waals surface area contributed by atoms with Gasteiger partial charge in [0.15, 0.2) is 12.0 Å². The summed E-state index contributed by atoms with van der Waals surface area (Å²) in [5.74, 6) is 1.11. The lowest BCUT2D eigenvalue weighted by atomic mass is 9.97. The quantitative estimate of drug-likeness (QED) is 0.714. The van der Waals surface area contributed by atoms with E-state index in [1.165, 1.54) is 0 Å². The molecule has 0 N–H and O–H groups in total.